The van der Waals surface area contributed by atoms with Crippen molar-refractivity contribution in [2.75, 3.05) is 0 Å². The number of hydrogen-bond acceptors (Lipinski definition) is 5. The zero-order valence-electron chi connectivity index (χ0n) is 18.9. The molecule has 4 aromatic rings. The minimum absolute atomic E-state index is 0.0970. The highest BCUT2D eigenvalue weighted by Crippen LogP contribution is 2.41. The van der Waals surface area contributed by atoms with Crippen molar-refractivity contribution in [1.29, 1.82) is 0 Å². The zero-order valence-corrected chi connectivity index (χ0v) is 18.9. The van der Waals surface area contributed by atoms with E-state index >= 15 is 0 Å². The molecule has 6 rings (SSSR count). The van der Waals surface area contributed by atoms with E-state index in [9.17, 15) is 4.79 Å². The highest BCUT2D eigenvalue weighted by atomic mass is 16.5. The Hall–Kier alpha value is -3.80. The number of piperidine rings is 1. The van der Waals surface area contributed by atoms with E-state index in [-0.39, 0.29) is 11.9 Å². The van der Waals surface area contributed by atoms with Crippen LogP contribution in [0.25, 0.3) is 10.8 Å². The number of fused-ring (bicyclic) bond motifs is 3. The zero-order chi connectivity index (χ0) is 22.9. The van der Waals surface area contributed by atoms with Gasteiger partial charge in [0.15, 0.2) is 0 Å². The molecule has 2 fully saturated rings. The molecule has 170 valence electrons. The van der Waals surface area contributed by atoms with Crippen LogP contribution in [-0.2, 0) is 6.42 Å². The van der Waals surface area contributed by atoms with Crippen LogP contribution in [-0.4, -0.2) is 37.8 Å². The van der Waals surface area contributed by atoms with Gasteiger partial charge < -0.3 is 9.64 Å². The van der Waals surface area contributed by atoms with Crippen LogP contribution >= 0.6 is 0 Å². The van der Waals surface area contributed by atoms with Gasteiger partial charge in [0, 0.05) is 47.8 Å². The number of carbonyl (C=O) groups excluding carboxylic acids is 1. The first-order valence-corrected chi connectivity index (χ1v) is 11.9. The number of aromatic nitrogens is 3. The van der Waals surface area contributed by atoms with Crippen molar-refractivity contribution in [1.82, 2.24) is 19.9 Å². The molecule has 2 unspecified atom stereocenters. The highest BCUT2D eigenvalue weighted by molar-refractivity contribution is 5.95. The molecule has 0 radical (unpaired) electrons. The van der Waals surface area contributed by atoms with E-state index in [1.165, 1.54) is 16.3 Å². The van der Waals surface area contributed by atoms with Gasteiger partial charge in [-0.1, -0.05) is 24.3 Å². The number of carbonyl (C=O) groups is 1. The molecule has 0 spiro atoms. The first-order chi connectivity index (χ1) is 16.7. The van der Waals surface area contributed by atoms with Crippen LogP contribution in [0, 0.1) is 5.92 Å². The molecule has 2 aliphatic rings. The molecule has 6 heteroatoms. The summed E-state index contributed by atoms with van der Waals surface area (Å²) in [4.78, 5) is 28.2. The third-order valence-electron chi connectivity index (χ3n) is 7.18. The van der Waals surface area contributed by atoms with Gasteiger partial charge in [-0.2, -0.15) is 0 Å². The van der Waals surface area contributed by atoms with Crippen LogP contribution in [0.1, 0.15) is 41.6 Å². The predicted octanol–water partition coefficient (Wildman–Crippen LogP) is 5.44. The first kappa shape index (κ1) is 20.8. The molecule has 1 amide bonds. The van der Waals surface area contributed by atoms with Gasteiger partial charge >= 0.3 is 6.01 Å². The van der Waals surface area contributed by atoms with E-state index in [4.69, 9.17) is 4.74 Å². The maximum absolute atomic E-state index is 13.5. The normalized spacial score (nSPS) is 21.5. The fourth-order valence-electron chi connectivity index (χ4n) is 5.74. The molecule has 2 saturated heterocycles. The second-order valence-corrected chi connectivity index (χ2v) is 9.31. The number of benzene rings is 2. The summed E-state index contributed by atoms with van der Waals surface area (Å²) in [6.07, 6.45) is 12.4. The smallest absolute Gasteiger partial charge is 0.321 e. The summed E-state index contributed by atoms with van der Waals surface area (Å²) < 4.78 is 5.75. The lowest BCUT2D eigenvalue weighted by atomic mass is 9.84. The van der Waals surface area contributed by atoms with Gasteiger partial charge in [-0.05, 0) is 79.3 Å². The molecule has 4 heterocycles. The molecule has 34 heavy (non-hydrogen) atoms. The second-order valence-electron chi connectivity index (χ2n) is 9.31. The molecule has 2 atom stereocenters. The van der Waals surface area contributed by atoms with E-state index in [0.29, 0.717) is 29.3 Å². The van der Waals surface area contributed by atoms with Crippen LogP contribution in [0.5, 0.6) is 11.8 Å². The topological polar surface area (TPSA) is 68.2 Å². The number of ether oxygens (including phenoxy) is 1. The van der Waals surface area contributed by atoms with Gasteiger partial charge in [-0.15, -0.1) is 0 Å². The minimum atomic E-state index is 0.0970. The quantitative estimate of drug-likeness (QED) is 0.405. The molecule has 2 bridgehead atoms. The molecule has 2 aliphatic heterocycles. The van der Waals surface area contributed by atoms with Crippen LogP contribution < -0.4 is 4.74 Å². The van der Waals surface area contributed by atoms with Crippen LogP contribution in [0.4, 0.5) is 0 Å². The van der Waals surface area contributed by atoms with Gasteiger partial charge in [0.25, 0.3) is 5.91 Å². The van der Waals surface area contributed by atoms with Gasteiger partial charge in [-0.25, -0.2) is 9.97 Å². The summed E-state index contributed by atoms with van der Waals surface area (Å²) in [5.41, 5.74) is 2.02. The van der Waals surface area contributed by atoms with Gasteiger partial charge in [0.1, 0.15) is 5.75 Å². The van der Waals surface area contributed by atoms with Crippen molar-refractivity contribution in [3.8, 4) is 11.8 Å². The number of amides is 1. The summed E-state index contributed by atoms with van der Waals surface area (Å²) in [6.45, 7) is 0. The molecule has 0 aliphatic carbocycles. The van der Waals surface area contributed by atoms with Crippen molar-refractivity contribution in [3.05, 3.63) is 90.5 Å². The van der Waals surface area contributed by atoms with Gasteiger partial charge in [-0.3, -0.25) is 9.78 Å². The standard InChI is InChI=1S/C28H26N4O2/c33-27(22-6-2-7-25(17-22)34-28-30-11-3-12-31-28)32-23-8-9-24(32)16-19(15-23)14-21-5-1-4-20-10-13-29-18-26(20)21/h1-7,10-13,17-19,23-24H,8-9,14-16H2. The Kier molecular flexibility index (Phi) is 5.41. The Balaban J connectivity index is 1.17. The number of nitrogens with zero attached hydrogens (tertiary/aromatic N) is 4. The maximum Gasteiger partial charge on any atom is 0.321 e. The van der Waals surface area contributed by atoms with E-state index in [0.717, 1.165) is 32.1 Å². The monoisotopic (exact) mass is 450 g/mol. The summed E-state index contributed by atoms with van der Waals surface area (Å²) in [7, 11) is 0. The summed E-state index contributed by atoms with van der Waals surface area (Å²) in [5, 5.41) is 2.49. The minimum Gasteiger partial charge on any atom is -0.424 e. The van der Waals surface area contributed by atoms with E-state index in [1.807, 2.05) is 30.6 Å². The predicted molar refractivity (Wildman–Crippen MR) is 130 cm³/mol. The average Bonchev–Trinajstić information content (AvgIpc) is 3.14. The Labute approximate surface area is 198 Å². The summed E-state index contributed by atoms with van der Waals surface area (Å²) in [5.74, 6) is 1.25. The number of hydrogen-bond donors (Lipinski definition) is 0. The molecular weight excluding hydrogens is 424 g/mol. The van der Waals surface area contributed by atoms with Gasteiger partial charge in [0.2, 0.25) is 0 Å². The Morgan fingerprint density at radius 3 is 2.56 bits per heavy atom. The molecule has 2 aromatic carbocycles. The van der Waals surface area contributed by atoms with Crippen molar-refractivity contribution < 1.29 is 9.53 Å². The van der Waals surface area contributed by atoms with E-state index < -0.39 is 0 Å². The van der Waals surface area contributed by atoms with E-state index in [2.05, 4.69) is 44.1 Å². The third kappa shape index (κ3) is 4.00. The molecule has 0 saturated carbocycles. The summed E-state index contributed by atoms with van der Waals surface area (Å²) in [6, 6.07) is 18.5. The SMILES string of the molecule is O=C(c1cccc(Oc2ncccn2)c1)N1C2CCC1CC(Cc1cccc3ccncc13)C2. The van der Waals surface area contributed by atoms with Crippen molar-refractivity contribution in [3.63, 3.8) is 0 Å². The highest BCUT2D eigenvalue weighted by Gasteiger charge is 2.43. The molecular formula is C28H26N4O2. The number of pyridine rings is 1. The lowest BCUT2D eigenvalue weighted by Gasteiger charge is -2.39. The lowest BCUT2D eigenvalue weighted by molar-refractivity contribution is 0.0524. The molecule has 2 aromatic heterocycles. The largest absolute Gasteiger partial charge is 0.424 e. The fraction of sp³-hybridized carbons (Fsp3) is 0.286. The van der Waals surface area contributed by atoms with Crippen LogP contribution in [0.15, 0.2) is 79.4 Å². The lowest BCUT2D eigenvalue weighted by Crippen LogP contribution is -2.46. The summed E-state index contributed by atoms with van der Waals surface area (Å²) >= 11 is 0. The van der Waals surface area contributed by atoms with E-state index in [1.54, 1.807) is 24.5 Å². The molecule has 6 nitrogen and oxygen atoms in total. The Morgan fingerprint density at radius 2 is 1.74 bits per heavy atom. The second kappa shape index (κ2) is 8.86. The van der Waals surface area contributed by atoms with Crippen LogP contribution in [0.2, 0.25) is 0 Å². The first-order valence-electron chi connectivity index (χ1n) is 11.9. The number of rotatable bonds is 5. The molecule has 0 N–H and O–H groups in total. The Bertz CT molecular complexity index is 1310. The van der Waals surface area contributed by atoms with Crippen LogP contribution in [0.3, 0.4) is 0 Å². The van der Waals surface area contributed by atoms with Gasteiger partial charge in [0.05, 0.1) is 0 Å². The van der Waals surface area contributed by atoms with Crippen molar-refractivity contribution in [2.24, 2.45) is 5.92 Å². The van der Waals surface area contributed by atoms with Crippen molar-refractivity contribution in [2.45, 2.75) is 44.2 Å². The average molecular weight is 451 g/mol. The fourth-order valence-corrected chi connectivity index (χ4v) is 5.74. The maximum atomic E-state index is 13.5. The Morgan fingerprint density at radius 1 is 0.941 bits per heavy atom. The van der Waals surface area contributed by atoms with Crippen molar-refractivity contribution >= 4 is 16.7 Å². The third-order valence-corrected chi connectivity index (χ3v) is 7.18.